The minimum atomic E-state index is -0.872. The smallest absolute Gasteiger partial charge is 0.256 e. The molecule has 1 heterocycles. The van der Waals surface area contributed by atoms with Crippen molar-refractivity contribution in [1.29, 1.82) is 0 Å². The summed E-state index contributed by atoms with van der Waals surface area (Å²) < 4.78 is 0. The number of unbranched alkanes of at least 4 members (excludes halogenated alkanes) is 1. The monoisotopic (exact) mass is 483 g/mol. The van der Waals surface area contributed by atoms with Crippen LogP contribution >= 0.6 is 0 Å². The van der Waals surface area contributed by atoms with Crippen LogP contribution in [0, 0.1) is 5.92 Å². The Kier molecular flexibility index (Phi) is 7.10. The fraction of sp³-hybridized carbons (Fsp3) is 0.323. The number of fused-ring (bicyclic) bond motifs is 1. The van der Waals surface area contributed by atoms with Crippen molar-refractivity contribution in [3.05, 3.63) is 101 Å². The molecular weight excluding hydrogens is 450 g/mol. The third-order valence-corrected chi connectivity index (χ3v) is 7.60. The van der Waals surface area contributed by atoms with E-state index >= 15 is 0 Å². The first-order valence-corrected chi connectivity index (χ1v) is 12.9. The van der Waals surface area contributed by atoms with Crippen LogP contribution in [0.5, 0.6) is 11.5 Å². The van der Waals surface area contributed by atoms with E-state index in [1.807, 2.05) is 42.5 Å². The molecule has 0 aromatic heterocycles. The summed E-state index contributed by atoms with van der Waals surface area (Å²) in [6, 6.07) is 22.0. The number of allylic oxidation sites excluding steroid dienone is 1. The summed E-state index contributed by atoms with van der Waals surface area (Å²) in [5.74, 6) is 0.867. The first-order valence-electron chi connectivity index (χ1n) is 12.9. The molecule has 0 spiro atoms. The van der Waals surface area contributed by atoms with E-state index in [0.717, 1.165) is 43.2 Å². The van der Waals surface area contributed by atoms with Crippen LogP contribution in [0.4, 0.5) is 0 Å². The number of aliphatic hydroxyl groups is 1. The van der Waals surface area contributed by atoms with Crippen molar-refractivity contribution < 1.29 is 20.1 Å². The van der Waals surface area contributed by atoms with Crippen LogP contribution in [-0.4, -0.2) is 32.7 Å². The fourth-order valence-corrected chi connectivity index (χ4v) is 5.77. The van der Waals surface area contributed by atoms with Crippen molar-refractivity contribution in [2.75, 3.05) is 6.54 Å². The lowest BCUT2D eigenvalue weighted by molar-refractivity contribution is 0.0170. The Morgan fingerprint density at radius 1 is 0.806 bits per heavy atom. The van der Waals surface area contributed by atoms with E-state index in [1.165, 1.54) is 24.0 Å². The van der Waals surface area contributed by atoms with E-state index in [1.54, 1.807) is 35.2 Å². The van der Waals surface area contributed by atoms with Gasteiger partial charge in [-0.2, -0.15) is 0 Å². The number of rotatable bonds is 8. The minimum Gasteiger partial charge on any atom is -0.508 e. The van der Waals surface area contributed by atoms with Crippen molar-refractivity contribution in [3.63, 3.8) is 0 Å². The average molecular weight is 484 g/mol. The van der Waals surface area contributed by atoms with Gasteiger partial charge in [0.15, 0.2) is 6.23 Å². The summed E-state index contributed by atoms with van der Waals surface area (Å²) in [4.78, 5) is 14.4. The molecule has 1 aliphatic carbocycles. The average Bonchev–Trinajstić information content (AvgIpc) is 3.51. The number of phenolic OH excluding ortho intramolecular Hbond substituents is 2. The minimum absolute atomic E-state index is 0.0986. The number of hydrogen-bond donors (Lipinski definition) is 3. The first kappa shape index (κ1) is 24.1. The Bertz CT molecular complexity index is 1190. The molecule has 1 atom stereocenters. The predicted molar refractivity (Wildman–Crippen MR) is 140 cm³/mol. The van der Waals surface area contributed by atoms with Crippen LogP contribution in [0.15, 0.2) is 78.4 Å². The van der Waals surface area contributed by atoms with Gasteiger partial charge in [-0.15, -0.1) is 0 Å². The molecule has 3 aromatic rings. The number of aromatic hydroxyl groups is 2. The van der Waals surface area contributed by atoms with Crippen molar-refractivity contribution in [1.82, 2.24) is 4.90 Å². The van der Waals surface area contributed by atoms with Crippen LogP contribution in [-0.2, 0) is 0 Å². The van der Waals surface area contributed by atoms with Gasteiger partial charge in [-0.25, -0.2) is 0 Å². The van der Waals surface area contributed by atoms with Crippen LogP contribution in [0.2, 0.25) is 0 Å². The summed E-state index contributed by atoms with van der Waals surface area (Å²) in [5.41, 5.74) is 5.98. The fourth-order valence-electron chi connectivity index (χ4n) is 5.77. The second kappa shape index (κ2) is 10.6. The summed E-state index contributed by atoms with van der Waals surface area (Å²) >= 11 is 0. The third kappa shape index (κ3) is 4.89. The lowest BCUT2D eigenvalue weighted by Crippen LogP contribution is -2.29. The van der Waals surface area contributed by atoms with E-state index in [4.69, 9.17) is 0 Å². The molecule has 36 heavy (non-hydrogen) atoms. The topological polar surface area (TPSA) is 81.0 Å². The number of aliphatic hydroxyl groups excluding tert-OH is 1. The zero-order valence-electron chi connectivity index (χ0n) is 20.4. The molecule has 3 aromatic carbocycles. The van der Waals surface area contributed by atoms with E-state index in [-0.39, 0.29) is 17.4 Å². The number of carbonyl (C=O) groups excluding carboxylic acids is 1. The van der Waals surface area contributed by atoms with Crippen molar-refractivity contribution >= 4 is 11.5 Å². The second-order valence-corrected chi connectivity index (χ2v) is 9.89. The number of phenols is 2. The maximum atomic E-state index is 12.8. The highest BCUT2D eigenvalue weighted by Crippen LogP contribution is 2.41. The Hall–Kier alpha value is -3.57. The highest BCUT2D eigenvalue weighted by Gasteiger charge is 2.34. The lowest BCUT2D eigenvalue weighted by atomic mass is 9.83. The van der Waals surface area contributed by atoms with Gasteiger partial charge >= 0.3 is 0 Å². The lowest BCUT2D eigenvalue weighted by Gasteiger charge is -2.24. The van der Waals surface area contributed by atoms with Gasteiger partial charge in [0.05, 0.1) is 0 Å². The zero-order chi connectivity index (χ0) is 25.1. The van der Waals surface area contributed by atoms with Crippen LogP contribution < -0.4 is 0 Å². The number of nitrogens with zero attached hydrogens (tertiary/aromatic N) is 1. The molecule has 5 heteroatoms. The summed E-state index contributed by atoms with van der Waals surface area (Å²) in [7, 11) is 0. The molecule has 0 bridgehead atoms. The normalized spacial score (nSPS) is 17.4. The van der Waals surface area contributed by atoms with Gasteiger partial charge in [0.2, 0.25) is 0 Å². The van der Waals surface area contributed by atoms with Gasteiger partial charge in [0, 0.05) is 17.7 Å². The second-order valence-electron chi connectivity index (χ2n) is 9.89. The Morgan fingerprint density at radius 3 is 1.97 bits per heavy atom. The maximum absolute atomic E-state index is 12.8. The van der Waals surface area contributed by atoms with Gasteiger partial charge < -0.3 is 20.2 Å². The molecule has 5 rings (SSSR count). The predicted octanol–water partition coefficient (Wildman–Crippen LogP) is 6.41. The summed E-state index contributed by atoms with van der Waals surface area (Å²) in [5, 5.41) is 30.4. The molecule has 186 valence electrons. The number of hydrogen-bond acceptors (Lipinski definition) is 4. The number of benzene rings is 3. The zero-order valence-corrected chi connectivity index (χ0v) is 20.4. The third-order valence-electron chi connectivity index (χ3n) is 7.60. The Morgan fingerprint density at radius 2 is 1.39 bits per heavy atom. The molecule has 1 unspecified atom stereocenters. The molecule has 1 aliphatic heterocycles. The van der Waals surface area contributed by atoms with E-state index in [9.17, 15) is 20.1 Å². The molecule has 0 saturated heterocycles. The largest absolute Gasteiger partial charge is 0.508 e. The summed E-state index contributed by atoms with van der Waals surface area (Å²) in [6.07, 6.45) is 6.49. The molecule has 0 radical (unpaired) electrons. The molecular formula is C31H33NO4. The van der Waals surface area contributed by atoms with Gasteiger partial charge in [0.25, 0.3) is 5.91 Å². The van der Waals surface area contributed by atoms with Crippen molar-refractivity contribution in [2.24, 2.45) is 5.92 Å². The highest BCUT2D eigenvalue weighted by atomic mass is 16.3. The molecule has 1 fully saturated rings. The summed E-state index contributed by atoms with van der Waals surface area (Å²) in [6.45, 7) is 0.514. The van der Waals surface area contributed by atoms with Crippen molar-refractivity contribution in [3.8, 4) is 11.5 Å². The molecule has 5 nitrogen and oxygen atoms in total. The quantitative estimate of drug-likeness (QED) is 0.324. The SMILES string of the molecule is O=C1c2ccccc2C(O)N1CCCCC(=C(c1ccc(O)cc1)c1ccc(O)cc1)C1CCCC1. The molecule has 2 aliphatic rings. The van der Waals surface area contributed by atoms with Crippen LogP contribution in [0.1, 0.15) is 78.2 Å². The maximum Gasteiger partial charge on any atom is 0.256 e. The van der Waals surface area contributed by atoms with Gasteiger partial charge in [-0.05, 0) is 85.1 Å². The standard InChI is InChI=1S/C31H33NO4/c33-24-16-12-22(13-17-24)29(23-14-18-25(34)19-15-23)26(21-7-1-2-8-21)9-5-6-20-32-30(35)27-10-3-4-11-28(27)31(32)36/h3-4,10-19,21,30,33-35H,1-2,5-9,20H2. The molecule has 3 N–H and O–H groups in total. The van der Waals surface area contributed by atoms with Gasteiger partial charge in [0.1, 0.15) is 11.5 Å². The first-order chi connectivity index (χ1) is 17.5. The Labute approximate surface area is 212 Å². The highest BCUT2D eigenvalue weighted by molar-refractivity contribution is 5.98. The Balaban J connectivity index is 1.39. The molecule has 1 saturated carbocycles. The number of carbonyl (C=O) groups is 1. The van der Waals surface area contributed by atoms with Crippen LogP contribution in [0.25, 0.3) is 5.57 Å². The molecule has 1 amide bonds. The van der Waals surface area contributed by atoms with E-state index in [0.29, 0.717) is 23.6 Å². The van der Waals surface area contributed by atoms with E-state index < -0.39 is 6.23 Å². The van der Waals surface area contributed by atoms with Gasteiger partial charge in [-0.1, -0.05) is 60.9 Å². The van der Waals surface area contributed by atoms with Crippen LogP contribution in [0.3, 0.4) is 0 Å². The van der Waals surface area contributed by atoms with Gasteiger partial charge in [-0.3, -0.25) is 4.79 Å². The van der Waals surface area contributed by atoms with Crippen molar-refractivity contribution in [2.45, 2.75) is 51.2 Å². The van der Waals surface area contributed by atoms with E-state index in [2.05, 4.69) is 0 Å². The number of amides is 1.